The van der Waals surface area contributed by atoms with Crippen LogP contribution in [-0.4, -0.2) is 24.0 Å². The molecule has 1 aliphatic heterocycles. The first-order valence-corrected chi connectivity index (χ1v) is 4.06. The predicted molar refractivity (Wildman–Crippen MR) is 45.2 cm³/mol. The molecule has 0 amide bonds. The average molecular weight is 219 g/mol. The Bertz CT molecular complexity index is 346. The summed E-state index contributed by atoms with van der Waals surface area (Å²) in [5.74, 6) is -1.06. The van der Waals surface area contributed by atoms with Gasteiger partial charge in [-0.15, -0.1) is 0 Å². The lowest BCUT2D eigenvalue weighted by atomic mass is 10.3. The van der Waals surface area contributed by atoms with Crippen molar-refractivity contribution in [3.05, 3.63) is 29.8 Å². The van der Waals surface area contributed by atoms with Crippen LogP contribution in [0.4, 0.5) is 14.5 Å². The van der Waals surface area contributed by atoms with Gasteiger partial charge in [-0.05, 0) is 12.1 Å². The van der Waals surface area contributed by atoms with Crippen LogP contribution in [-0.2, 0) is 0 Å². The standard InChI is InChI=1S/C9H8F2N2.ClH/c10-7-2-1-3-8(11)9(7)13-5-4-12-6-13;/h1-3,6H,4-5H2;1H. The molecule has 0 saturated carbocycles. The lowest BCUT2D eigenvalue weighted by Gasteiger charge is -2.01. The summed E-state index contributed by atoms with van der Waals surface area (Å²) in [6.07, 6.45) is 1.58. The minimum atomic E-state index is -0.528. The van der Waals surface area contributed by atoms with Crippen molar-refractivity contribution in [2.45, 2.75) is 0 Å². The number of nitrogens with zero attached hydrogens (tertiary/aromatic N) is 1. The molecule has 1 aromatic carbocycles. The topological polar surface area (TPSA) is 15.0 Å². The van der Waals surface area contributed by atoms with E-state index in [2.05, 4.69) is 5.32 Å². The van der Waals surface area contributed by atoms with Gasteiger partial charge in [-0.25, -0.2) is 13.4 Å². The highest BCUT2D eigenvalue weighted by Crippen LogP contribution is 2.21. The van der Waals surface area contributed by atoms with E-state index >= 15 is 0 Å². The lowest BCUT2D eigenvalue weighted by molar-refractivity contribution is -0.428. The maximum absolute atomic E-state index is 13.2. The highest BCUT2D eigenvalue weighted by Gasteiger charge is 2.19. The number of hydrogen-bond donors (Lipinski definition) is 1. The molecule has 1 aliphatic rings. The first kappa shape index (κ1) is 10.9. The third kappa shape index (κ3) is 1.85. The second kappa shape index (κ2) is 4.37. The molecule has 0 saturated heterocycles. The Morgan fingerprint density at radius 1 is 1.21 bits per heavy atom. The Morgan fingerprint density at radius 2 is 1.86 bits per heavy atom. The molecule has 0 aliphatic carbocycles. The minimum Gasteiger partial charge on any atom is -1.00 e. The Kier molecular flexibility index (Phi) is 3.41. The summed E-state index contributed by atoms with van der Waals surface area (Å²) in [4.78, 5) is 0. The number of halogens is 3. The van der Waals surface area contributed by atoms with Crippen molar-refractivity contribution in [2.75, 3.05) is 13.1 Å². The third-order valence-corrected chi connectivity index (χ3v) is 1.97. The Balaban J connectivity index is 0.000000980. The molecule has 0 radical (unpaired) electrons. The predicted octanol–water partition coefficient (Wildman–Crippen LogP) is -1.76. The number of hydrogen-bond acceptors (Lipinski definition) is 1. The molecule has 0 aromatic heterocycles. The molecular weight excluding hydrogens is 210 g/mol. The zero-order valence-electron chi connectivity index (χ0n) is 7.30. The van der Waals surface area contributed by atoms with Crippen LogP contribution in [0, 0.1) is 11.6 Å². The van der Waals surface area contributed by atoms with Gasteiger partial charge in [0, 0.05) is 0 Å². The maximum Gasteiger partial charge on any atom is 0.237 e. The van der Waals surface area contributed by atoms with Crippen molar-refractivity contribution in [3.63, 3.8) is 0 Å². The second-order valence-corrected chi connectivity index (χ2v) is 2.85. The zero-order valence-corrected chi connectivity index (χ0v) is 8.06. The van der Waals surface area contributed by atoms with Gasteiger partial charge in [0.2, 0.25) is 6.34 Å². The van der Waals surface area contributed by atoms with Crippen LogP contribution < -0.4 is 17.7 Å². The van der Waals surface area contributed by atoms with E-state index in [1.807, 2.05) is 0 Å². The number of nitrogens with one attached hydrogen (secondary N) is 1. The van der Waals surface area contributed by atoms with Crippen LogP contribution in [0.2, 0.25) is 0 Å². The fraction of sp³-hybridized carbons (Fsp3) is 0.222. The van der Waals surface area contributed by atoms with Gasteiger partial charge in [0.15, 0.2) is 17.3 Å². The first-order valence-electron chi connectivity index (χ1n) is 4.06. The van der Waals surface area contributed by atoms with Gasteiger partial charge in [0.05, 0.1) is 0 Å². The Hall–Kier alpha value is -1.16. The second-order valence-electron chi connectivity index (χ2n) is 2.85. The number of benzene rings is 1. The number of para-hydroxylation sites is 1. The first-order chi connectivity index (χ1) is 6.29. The highest BCUT2D eigenvalue weighted by molar-refractivity contribution is 5.53. The number of rotatable bonds is 1. The van der Waals surface area contributed by atoms with E-state index in [4.69, 9.17) is 0 Å². The van der Waals surface area contributed by atoms with Gasteiger partial charge >= 0.3 is 0 Å². The molecular formula is C9H9ClF2N2. The summed E-state index contributed by atoms with van der Waals surface area (Å²) in [7, 11) is 0. The van der Waals surface area contributed by atoms with Gasteiger partial charge in [-0.2, -0.15) is 0 Å². The molecule has 0 unspecified atom stereocenters. The maximum atomic E-state index is 13.2. The molecule has 76 valence electrons. The van der Waals surface area contributed by atoms with Gasteiger partial charge in [-0.1, -0.05) is 6.07 Å². The van der Waals surface area contributed by atoms with E-state index in [0.29, 0.717) is 13.1 Å². The van der Waals surface area contributed by atoms with Crippen LogP contribution in [0.15, 0.2) is 18.2 Å². The normalized spacial score (nSPS) is 14.3. The van der Waals surface area contributed by atoms with Crippen LogP contribution in [0.3, 0.4) is 0 Å². The van der Waals surface area contributed by atoms with Crippen LogP contribution in [0.5, 0.6) is 0 Å². The quantitative estimate of drug-likeness (QED) is 0.553. The molecule has 1 N–H and O–H groups in total. The average Bonchev–Trinajstić information content (AvgIpc) is 2.57. The monoisotopic (exact) mass is 218 g/mol. The lowest BCUT2D eigenvalue weighted by Crippen LogP contribution is -3.00. The van der Waals surface area contributed by atoms with Crippen LogP contribution in [0.25, 0.3) is 0 Å². The Labute approximate surface area is 86.7 Å². The van der Waals surface area contributed by atoms with Crippen molar-refractivity contribution in [1.82, 2.24) is 5.32 Å². The fourth-order valence-corrected chi connectivity index (χ4v) is 1.36. The SMILES string of the molecule is Fc1cccc(F)c1[N+]1=CNCC1.[Cl-]. The minimum absolute atomic E-state index is 0. The fourth-order valence-electron chi connectivity index (χ4n) is 1.36. The summed E-state index contributed by atoms with van der Waals surface area (Å²) in [6, 6.07) is 3.87. The van der Waals surface area contributed by atoms with Gasteiger partial charge in [0.25, 0.3) is 0 Å². The molecule has 0 spiro atoms. The summed E-state index contributed by atoms with van der Waals surface area (Å²) in [5.41, 5.74) is 0.0208. The van der Waals surface area contributed by atoms with Crippen LogP contribution >= 0.6 is 0 Å². The van der Waals surface area contributed by atoms with Gasteiger partial charge in [-0.3, -0.25) is 5.32 Å². The third-order valence-electron chi connectivity index (χ3n) is 1.97. The molecule has 1 aromatic rings. The molecule has 2 rings (SSSR count). The molecule has 0 atom stereocenters. The van der Waals surface area contributed by atoms with Crippen molar-refractivity contribution in [2.24, 2.45) is 0 Å². The van der Waals surface area contributed by atoms with Crippen molar-refractivity contribution >= 4 is 12.0 Å². The summed E-state index contributed by atoms with van der Waals surface area (Å²) >= 11 is 0. The van der Waals surface area contributed by atoms with Crippen molar-refractivity contribution in [3.8, 4) is 0 Å². The molecule has 1 heterocycles. The Morgan fingerprint density at radius 3 is 2.36 bits per heavy atom. The van der Waals surface area contributed by atoms with E-state index in [1.165, 1.54) is 22.8 Å². The zero-order chi connectivity index (χ0) is 9.26. The van der Waals surface area contributed by atoms with E-state index in [9.17, 15) is 8.78 Å². The summed E-state index contributed by atoms with van der Waals surface area (Å²) in [5, 5.41) is 2.89. The van der Waals surface area contributed by atoms with Gasteiger partial charge in [0.1, 0.15) is 13.1 Å². The smallest absolute Gasteiger partial charge is 0.237 e. The highest BCUT2D eigenvalue weighted by atomic mass is 35.5. The van der Waals surface area contributed by atoms with E-state index in [1.54, 1.807) is 6.34 Å². The van der Waals surface area contributed by atoms with E-state index < -0.39 is 11.6 Å². The van der Waals surface area contributed by atoms with Crippen LogP contribution in [0.1, 0.15) is 0 Å². The van der Waals surface area contributed by atoms with E-state index in [-0.39, 0.29) is 18.1 Å². The largest absolute Gasteiger partial charge is 1.00 e. The van der Waals surface area contributed by atoms with Crippen molar-refractivity contribution in [1.29, 1.82) is 0 Å². The molecule has 0 bridgehead atoms. The summed E-state index contributed by atoms with van der Waals surface area (Å²) in [6.45, 7) is 1.31. The summed E-state index contributed by atoms with van der Waals surface area (Å²) < 4.78 is 27.9. The molecule has 5 heteroatoms. The molecule has 2 nitrogen and oxygen atoms in total. The van der Waals surface area contributed by atoms with Crippen molar-refractivity contribution < 1.29 is 25.8 Å². The molecule has 0 fully saturated rings. The molecule has 14 heavy (non-hydrogen) atoms. The van der Waals surface area contributed by atoms with E-state index in [0.717, 1.165) is 0 Å². The van der Waals surface area contributed by atoms with Gasteiger partial charge < -0.3 is 12.4 Å².